The minimum atomic E-state index is -1.12. The van der Waals surface area contributed by atoms with E-state index in [1.807, 2.05) is 0 Å². The second-order valence-corrected chi connectivity index (χ2v) is 8.70. The maximum atomic E-state index is 13.8. The molecule has 8 nitrogen and oxygen atoms in total. The standard InChI is InChI=1S/C18H20ClFN6O2S/c1-10-13(20)3-4-15-11(7-22-26(10)15)17-12(19)8-21-18(24-17)23-14-5-6-25(29(2)28)9-16(14)27/h3-4,7-8,14,16,27H,5-6,9H2,1-2H3,(H,21,23,24). The lowest BCUT2D eigenvalue weighted by Crippen LogP contribution is -2.50. The second kappa shape index (κ2) is 7.94. The Balaban J connectivity index is 1.62. The maximum absolute atomic E-state index is 13.8. The fraction of sp³-hybridized carbons (Fsp3) is 0.389. The highest BCUT2D eigenvalue weighted by atomic mass is 35.5. The highest BCUT2D eigenvalue weighted by molar-refractivity contribution is 7.81. The van der Waals surface area contributed by atoms with E-state index in [4.69, 9.17) is 11.6 Å². The number of nitrogens with zero attached hydrogens (tertiary/aromatic N) is 5. The smallest absolute Gasteiger partial charge is 0.223 e. The molecule has 3 aromatic rings. The van der Waals surface area contributed by atoms with Crippen LogP contribution in [0.15, 0.2) is 24.5 Å². The predicted molar refractivity (Wildman–Crippen MR) is 110 cm³/mol. The molecule has 1 saturated heterocycles. The third kappa shape index (κ3) is 3.85. The van der Waals surface area contributed by atoms with Gasteiger partial charge in [-0.1, -0.05) is 11.6 Å². The number of rotatable bonds is 4. The fourth-order valence-corrected chi connectivity index (χ4v) is 4.36. The molecule has 4 heterocycles. The first-order valence-corrected chi connectivity index (χ1v) is 10.9. The van der Waals surface area contributed by atoms with E-state index >= 15 is 0 Å². The van der Waals surface area contributed by atoms with Gasteiger partial charge < -0.3 is 10.4 Å². The number of β-amino-alcohol motifs (C(OH)–C–C–N with tert-alkyl or cyclic N) is 1. The summed E-state index contributed by atoms with van der Waals surface area (Å²) in [6.45, 7) is 2.54. The molecule has 154 valence electrons. The van der Waals surface area contributed by atoms with Gasteiger partial charge in [0.25, 0.3) is 0 Å². The van der Waals surface area contributed by atoms with Gasteiger partial charge in [0.1, 0.15) is 5.82 Å². The first-order valence-electron chi connectivity index (χ1n) is 9.04. The number of aryl methyl sites for hydroxylation is 1. The largest absolute Gasteiger partial charge is 0.390 e. The van der Waals surface area contributed by atoms with Crippen LogP contribution in [0.4, 0.5) is 10.3 Å². The quantitative estimate of drug-likeness (QED) is 0.647. The zero-order valence-electron chi connectivity index (χ0n) is 15.8. The lowest BCUT2D eigenvalue weighted by atomic mass is 10.0. The number of pyridine rings is 1. The molecular weight excluding hydrogens is 419 g/mol. The average molecular weight is 439 g/mol. The lowest BCUT2D eigenvalue weighted by molar-refractivity contribution is 0.0972. The van der Waals surface area contributed by atoms with Gasteiger partial charge >= 0.3 is 0 Å². The number of halogens is 2. The number of anilines is 1. The minimum absolute atomic E-state index is 0.274. The SMILES string of the molecule is Cc1c(F)ccc2c(-c3nc(NC4CCN(S(C)=O)CC4O)ncc3Cl)cnn12. The van der Waals surface area contributed by atoms with Crippen molar-refractivity contribution in [1.29, 1.82) is 0 Å². The minimum Gasteiger partial charge on any atom is -0.390 e. The normalized spacial score (nSPS) is 21.4. The number of nitrogens with one attached hydrogen (secondary N) is 1. The van der Waals surface area contributed by atoms with Crippen molar-refractivity contribution in [2.24, 2.45) is 0 Å². The van der Waals surface area contributed by atoms with Crippen molar-refractivity contribution in [3.05, 3.63) is 41.1 Å². The molecule has 3 unspecified atom stereocenters. The number of piperidine rings is 1. The third-order valence-electron chi connectivity index (χ3n) is 5.08. The Morgan fingerprint density at radius 3 is 2.90 bits per heavy atom. The molecule has 0 amide bonds. The third-order valence-corrected chi connectivity index (χ3v) is 6.41. The summed E-state index contributed by atoms with van der Waals surface area (Å²) in [5.74, 6) is -0.0330. The highest BCUT2D eigenvalue weighted by Crippen LogP contribution is 2.31. The Kier molecular flexibility index (Phi) is 5.52. The molecule has 0 bridgehead atoms. The van der Waals surface area contributed by atoms with E-state index in [2.05, 4.69) is 20.4 Å². The Morgan fingerprint density at radius 2 is 2.17 bits per heavy atom. The van der Waals surface area contributed by atoms with Crippen molar-refractivity contribution >= 4 is 34.1 Å². The van der Waals surface area contributed by atoms with Crippen molar-refractivity contribution in [2.75, 3.05) is 24.7 Å². The van der Waals surface area contributed by atoms with Crippen LogP contribution >= 0.6 is 11.6 Å². The summed E-state index contributed by atoms with van der Waals surface area (Å²) in [5, 5.41) is 18.1. The number of aliphatic hydroxyl groups excluding tert-OH is 1. The topological polar surface area (TPSA) is 95.7 Å². The van der Waals surface area contributed by atoms with E-state index in [9.17, 15) is 13.7 Å². The van der Waals surface area contributed by atoms with Crippen LogP contribution in [-0.2, 0) is 11.0 Å². The van der Waals surface area contributed by atoms with Crippen LogP contribution in [0.25, 0.3) is 16.8 Å². The van der Waals surface area contributed by atoms with Gasteiger partial charge in [-0.25, -0.2) is 27.4 Å². The summed E-state index contributed by atoms with van der Waals surface area (Å²) in [7, 11) is -1.12. The van der Waals surface area contributed by atoms with Crippen molar-refractivity contribution in [3.63, 3.8) is 0 Å². The molecule has 0 radical (unpaired) electrons. The van der Waals surface area contributed by atoms with Gasteiger partial charge in [-0.05, 0) is 25.5 Å². The summed E-state index contributed by atoms with van der Waals surface area (Å²) in [6, 6.07) is 2.73. The number of aromatic nitrogens is 4. The van der Waals surface area contributed by atoms with Gasteiger partial charge in [0.15, 0.2) is 0 Å². The van der Waals surface area contributed by atoms with E-state index in [1.165, 1.54) is 16.8 Å². The van der Waals surface area contributed by atoms with Crippen LogP contribution in [0.1, 0.15) is 12.1 Å². The molecule has 29 heavy (non-hydrogen) atoms. The Hall–Kier alpha value is -2.14. The molecule has 0 aliphatic carbocycles. The molecule has 11 heteroatoms. The van der Waals surface area contributed by atoms with E-state index < -0.39 is 17.1 Å². The van der Waals surface area contributed by atoms with Crippen LogP contribution < -0.4 is 5.32 Å². The van der Waals surface area contributed by atoms with Crippen molar-refractivity contribution in [3.8, 4) is 11.3 Å². The Bertz CT molecular complexity index is 1090. The van der Waals surface area contributed by atoms with Gasteiger partial charge in [0.05, 0.1) is 57.5 Å². The zero-order valence-corrected chi connectivity index (χ0v) is 17.4. The molecule has 4 rings (SSSR count). The van der Waals surface area contributed by atoms with Crippen molar-refractivity contribution in [1.82, 2.24) is 23.9 Å². The Morgan fingerprint density at radius 1 is 1.38 bits per heavy atom. The highest BCUT2D eigenvalue weighted by Gasteiger charge is 2.30. The zero-order chi connectivity index (χ0) is 20.7. The molecule has 2 N–H and O–H groups in total. The molecular formula is C18H20ClFN6O2S. The van der Waals surface area contributed by atoms with Crippen LogP contribution in [0.3, 0.4) is 0 Å². The summed E-state index contributed by atoms with van der Waals surface area (Å²) in [5.41, 5.74) is 2.18. The molecule has 1 aliphatic heterocycles. The van der Waals surface area contributed by atoms with Crippen LogP contribution in [0.5, 0.6) is 0 Å². The van der Waals surface area contributed by atoms with Crippen molar-refractivity contribution < 1.29 is 13.7 Å². The number of hydrogen-bond donors (Lipinski definition) is 2. The number of aliphatic hydroxyl groups is 1. The first kappa shape index (κ1) is 20.1. The van der Waals surface area contributed by atoms with E-state index in [1.54, 1.807) is 29.7 Å². The molecule has 3 aromatic heterocycles. The van der Waals surface area contributed by atoms with Crippen LogP contribution in [0.2, 0.25) is 5.02 Å². The number of fused-ring (bicyclic) bond motifs is 1. The molecule has 0 saturated carbocycles. The maximum Gasteiger partial charge on any atom is 0.223 e. The van der Waals surface area contributed by atoms with Gasteiger partial charge in [0, 0.05) is 24.9 Å². The lowest BCUT2D eigenvalue weighted by Gasteiger charge is -2.34. The van der Waals surface area contributed by atoms with Gasteiger partial charge in [-0.3, -0.25) is 0 Å². The molecule has 1 fully saturated rings. The average Bonchev–Trinajstić information content (AvgIpc) is 3.12. The van der Waals surface area contributed by atoms with Crippen molar-refractivity contribution in [2.45, 2.75) is 25.5 Å². The van der Waals surface area contributed by atoms with E-state index in [0.29, 0.717) is 52.9 Å². The summed E-state index contributed by atoms with van der Waals surface area (Å²) in [4.78, 5) is 8.73. The molecule has 0 aromatic carbocycles. The molecule has 1 aliphatic rings. The van der Waals surface area contributed by atoms with Gasteiger partial charge in [0.2, 0.25) is 5.95 Å². The summed E-state index contributed by atoms with van der Waals surface area (Å²) in [6.07, 6.45) is 4.55. The second-order valence-electron chi connectivity index (χ2n) is 6.93. The monoisotopic (exact) mass is 438 g/mol. The van der Waals surface area contributed by atoms with E-state index in [0.717, 1.165) is 0 Å². The summed E-state index contributed by atoms with van der Waals surface area (Å²) >= 11 is 6.33. The van der Waals surface area contributed by atoms with Gasteiger partial charge in [-0.15, -0.1) is 0 Å². The number of hydrogen-bond acceptors (Lipinski definition) is 6. The molecule has 3 atom stereocenters. The van der Waals surface area contributed by atoms with Crippen LogP contribution in [-0.4, -0.2) is 64.7 Å². The predicted octanol–water partition coefficient (Wildman–Crippen LogP) is 2.03. The Labute approximate surface area is 174 Å². The van der Waals surface area contributed by atoms with Crippen LogP contribution in [0, 0.1) is 12.7 Å². The summed E-state index contributed by atoms with van der Waals surface area (Å²) < 4.78 is 28.6. The first-order chi connectivity index (χ1) is 13.8. The van der Waals surface area contributed by atoms with E-state index in [-0.39, 0.29) is 11.9 Å². The van der Waals surface area contributed by atoms with Gasteiger partial charge in [-0.2, -0.15) is 5.10 Å². The fourth-order valence-electron chi connectivity index (χ4n) is 3.44. The molecule has 0 spiro atoms.